The molecule has 0 radical (unpaired) electrons. The molecular weight excluding hydrogens is 268 g/mol. The molecule has 0 unspecified atom stereocenters. The number of piperidine rings is 1. The normalized spacial score (nSPS) is 25.7. The Labute approximate surface area is 127 Å². The second-order valence-corrected chi connectivity index (χ2v) is 6.53. The van der Waals surface area contributed by atoms with Gasteiger partial charge >= 0.3 is 5.97 Å². The minimum Gasteiger partial charge on any atom is -0.469 e. The number of hydrogen-bond acceptors (Lipinski definition) is 4. The number of hydrogen-bond donors (Lipinski definition) is 0. The molecule has 2 heterocycles. The van der Waals surface area contributed by atoms with Crippen LogP contribution in [0.4, 0.5) is 0 Å². The van der Waals surface area contributed by atoms with E-state index in [4.69, 9.17) is 0 Å². The van der Waals surface area contributed by atoms with Crippen molar-refractivity contribution in [3.63, 3.8) is 0 Å². The zero-order valence-corrected chi connectivity index (χ0v) is 13.5. The second-order valence-electron chi connectivity index (χ2n) is 6.53. The van der Waals surface area contributed by atoms with Gasteiger partial charge in [-0.2, -0.15) is 0 Å². The third-order valence-electron chi connectivity index (χ3n) is 4.80. The Bertz CT molecular complexity index is 370. The van der Waals surface area contributed by atoms with Gasteiger partial charge in [-0.05, 0) is 39.7 Å². The molecule has 5 nitrogen and oxygen atoms in total. The quantitative estimate of drug-likeness (QED) is 0.724. The van der Waals surface area contributed by atoms with Gasteiger partial charge in [0.1, 0.15) is 0 Å². The summed E-state index contributed by atoms with van der Waals surface area (Å²) in [6.45, 7) is 6.52. The van der Waals surface area contributed by atoms with Crippen molar-refractivity contribution < 1.29 is 14.3 Å². The molecule has 0 bridgehead atoms. The van der Waals surface area contributed by atoms with Crippen LogP contribution >= 0.6 is 0 Å². The summed E-state index contributed by atoms with van der Waals surface area (Å²) < 4.78 is 4.68. The summed E-state index contributed by atoms with van der Waals surface area (Å²) in [6.07, 6.45) is 5.04. The van der Waals surface area contributed by atoms with Crippen LogP contribution in [-0.2, 0) is 14.3 Å². The zero-order chi connectivity index (χ0) is 15.4. The van der Waals surface area contributed by atoms with E-state index in [0.717, 1.165) is 19.5 Å². The highest BCUT2D eigenvalue weighted by Gasteiger charge is 2.39. The summed E-state index contributed by atoms with van der Waals surface area (Å²) in [6, 6.07) is 0.724. The van der Waals surface area contributed by atoms with Gasteiger partial charge in [0.05, 0.1) is 19.4 Å². The summed E-state index contributed by atoms with van der Waals surface area (Å²) >= 11 is 0. The fraction of sp³-hybridized carbons (Fsp3) is 0.875. The van der Waals surface area contributed by atoms with E-state index in [-0.39, 0.29) is 30.3 Å². The van der Waals surface area contributed by atoms with Gasteiger partial charge in [0.25, 0.3) is 0 Å². The minimum absolute atomic E-state index is 0.105. The van der Waals surface area contributed by atoms with Crippen molar-refractivity contribution >= 4 is 11.9 Å². The van der Waals surface area contributed by atoms with Crippen molar-refractivity contribution in [1.29, 1.82) is 0 Å². The fourth-order valence-corrected chi connectivity index (χ4v) is 3.60. The number of carbonyl (C=O) groups excluding carboxylic acids is 2. The van der Waals surface area contributed by atoms with Crippen molar-refractivity contribution in [2.24, 2.45) is 5.92 Å². The first-order valence-electron chi connectivity index (χ1n) is 8.14. The average molecular weight is 296 g/mol. The lowest BCUT2D eigenvalue weighted by molar-refractivity contribution is -0.143. The maximum Gasteiger partial charge on any atom is 0.307 e. The predicted molar refractivity (Wildman–Crippen MR) is 80.8 cm³/mol. The highest BCUT2D eigenvalue weighted by molar-refractivity contribution is 5.80. The van der Waals surface area contributed by atoms with Crippen LogP contribution in [0.25, 0.3) is 0 Å². The minimum atomic E-state index is -0.253. The number of nitrogens with zero attached hydrogens (tertiary/aromatic N) is 2. The van der Waals surface area contributed by atoms with Crippen LogP contribution in [-0.4, -0.2) is 60.5 Å². The van der Waals surface area contributed by atoms with Crippen LogP contribution in [0.1, 0.15) is 46.0 Å². The monoisotopic (exact) mass is 296 g/mol. The Kier molecular flexibility index (Phi) is 5.62. The van der Waals surface area contributed by atoms with Gasteiger partial charge in [-0.25, -0.2) is 0 Å². The first-order valence-corrected chi connectivity index (χ1v) is 8.14. The maximum absolute atomic E-state index is 12.8. The molecule has 21 heavy (non-hydrogen) atoms. The molecule has 0 aromatic carbocycles. The lowest BCUT2D eigenvalue weighted by Gasteiger charge is -2.29. The zero-order valence-electron chi connectivity index (χ0n) is 13.5. The van der Waals surface area contributed by atoms with E-state index in [1.54, 1.807) is 0 Å². The molecule has 0 aromatic heterocycles. The molecule has 120 valence electrons. The Balaban J connectivity index is 1.93. The molecule has 0 aliphatic carbocycles. The number of carbonyl (C=O) groups is 2. The molecule has 0 N–H and O–H groups in total. The molecule has 0 saturated carbocycles. The van der Waals surface area contributed by atoms with E-state index in [0.29, 0.717) is 12.6 Å². The van der Waals surface area contributed by atoms with Crippen molar-refractivity contribution in [3.05, 3.63) is 0 Å². The van der Waals surface area contributed by atoms with Crippen molar-refractivity contribution in [1.82, 2.24) is 9.80 Å². The van der Waals surface area contributed by atoms with Gasteiger partial charge in [-0.3, -0.25) is 14.5 Å². The smallest absolute Gasteiger partial charge is 0.307 e. The third-order valence-corrected chi connectivity index (χ3v) is 4.80. The number of esters is 1. The number of rotatable bonds is 5. The van der Waals surface area contributed by atoms with E-state index < -0.39 is 0 Å². The third kappa shape index (κ3) is 3.96. The van der Waals surface area contributed by atoms with Gasteiger partial charge in [0.2, 0.25) is 5.91 Å². The summed E-state index contributed by atoms with van der Waals surface area (Å²) in [5.41, 5.74) is 0. The first-order chi connectivity index (χ1) is 10.0. The number of methoxy groups -OCH3 is 1. The van der Waals surface area contributed by atoms with Crippen LogP contribution in [0, 0.1) is 5.92 Å². The van der Waals surface area contributed by atoms with Gasteiger partial charge in [0.15, 0.2) is 0 Å². The van der Waals surface area contributed by atoms with Crippen LogP contribution in [0.2, 0.25) is 0 Å². The molecule has 2 atom stereocenters. The average Bonchev–Trinajstić information content (AvgIpc) is 2.90. The fourth-order valence-electron chi connectivity index (χ4n) is 3.60. The van der Waals surface area contributed by atoms with E-state index >= 15 is 0 Å². The van der Waals surface area contributed by atoms with Gasteiger partial charge < -0.3 is 9.64 Å². The largest absolute Gasteiger partial charge is 0.469 e. The summed E-state index contributed by atoms with van der Waals surface area (Å²) in [5, 5.41) is 0. The molecule has 2 fully saturated rings. The Hall–Kier alpha value is -1.10. The molecule has 0 spiro atoms. The van der Waals surface area contributed by atoms with Gasteiger partial charge in [-0.15, -0.1) is 0 Å². The van der Waals surface area contributed by atoms with Crippen molar-refractivity contribution in [2.45, 2.75) is 58.0 Å². The lowest BCUT2D eigenvalue weighted by Crippen LogP contribution is -2.43. The lowest BCUT2D eigenvalue weighted by atomic mass is 9.98. The topological polar surface area (TPSA) is 49.9 Å². The van der Waals surface area contributed by atoms with Crippen LogP contribution < -0.4 is 0 Å². The Morgan fingerprint density at radius 2 is 2.10 bits per heavy atom. The van der Waals surface area contributed by atoms with Crippen molar-refractivity contribution in [2.75, 3.05) is 26.7 Å². The summed E-state index contributed by atoms with van der Waals surface area (Å²) in [7, 11) is 1.39. The predicted octanol–water partition coefficient (Wildman–Crippen LogP) is 1.66. The molecule has 2 aliphatic rings. The van der Waals surface area contributed by atoms with E-state index in [1.807, 2.05) is 18.7 Å². The first kappa shape index (κ1) is 16.3. The molecule has 2 saturated heterocycles. The number of amides is 1. The highest BCUT2D eigenvalue weighted by Crippen LogP contribution is 2.31. The number of fused-ring (bicyclic) bond motifs is 1. The Morgan fingerprint density at radius 3 is 2.71 bits per heavy atom. The molecule has 0 aromatic rings. The highest BCUT2D eigenvalue weighted by atomic mass is 16.5. The maximum atomic E-state index is 12.8. The molecule has 5 heteroatoms. The molecule has 1 amide bonds. The molecule has 2 aliphatic heterocycles. The van der Waals surface area contributed by atoms with Crippen LogP contribution in [0.5, 0.6) is 0 Å². The summed E-state index contributed by atoms with van der Waals surface area (Å²) in [4.78, 5) is 28.4. The van der Waals surface area contributed by atoms with Gasteiger partial charge in [0, 0.05) is 25.2 Å². The summed E-state index contributed by atoms with van der Waals surface area (Å²) in [5.74, 6) is 0.0636. The van der Waals surface area contributed by atoms with Crippen molar-refractivity contribution in [3.8, 4) is 0 Å². The van der Waals surface area contributed by atoms with E-state index in [2.05, 4.69) is 9.64 Å². The second kappa shape index (κ2) is 7.25. The molecular formula is C16H28N2O3. The van der Waals surface area contributed by atoms with E-state index in [1.165, 1.54) is 26.4 Å². The number of ether oxygens (including phenoxy) is 1. The Morgan fingerprint density at radius 1 is 1.33 bits per heavy atom. The van der Waals surface area contributed by atoms with Gasteiger partial charge in [-0.1, -0.05) is 6.42 Å². The van der Waals surface area contributed by atoms with E-state index in [9.17, 15) is 9.59 Å². The SMILES string of the molecule is COC(=O)CCN(C(=O)[C@@H]1C[C@@H]2CCCCN2C1)C(C)C. The molecule has 2 rings (SSSR count). The standard InChI is InChI=1S/C16H28N2O3/c1-12(2)18(9-7-15(19)21-3)16(20)13-10-14-6-4-5-8-17(14)11-13/h12-14H,4-11H2,1-3H3/t13-,14+/m1/s1. The van der Waals surface area contributed by atoms with Crippen LogP contribution in [0.3, 0.4) is 0 Å². The van der Waals surface area contributed by atoms with Crippen LogP contribution in [0.15, 0.2) is 0 Å².